The van der Waals surface area contributed by atoms with E-state index in [1.165, 1.54) is 4.90 Å². The summed E-state index contributed by atoms with van der Waals surface area (Å²) in [6.45, 7) is 2.02. The van der Waals surface area contributed by atoms with Crippen molar-refractivity contribution in [3.05, 3.63) is 71.1 Å². The van der Waals surface area contributed by atoms with Crippen LogP contribution in [0.2, 0.25) is 6.32 Å². The number of phenols is 1. The van der Waals surface area contributed by atoms with Crippen LogP contribution in [0.1, 0.15) is 37.4 Å². The third kappa shape index (κ3) is 4.44. The number of hydrogen-bond donors (Lipinski definition) is 2. The number of fused-ring (bicyclic) bond motifs is 3. The lowest BCUT2D eigenvalue weighted by atomic mass is 9.58. The molecule has 1 aromatic heterocycles. The van der Waals surface area contributed by atoms with Crippen LogP contribution in [0.15, 0.2) is 59.8 Å². The molecule has 7 nitrogen and oxygen atoms in total. The maximum Gasteiger partial charge on any atom is 0.455 e. The van der Waals surface area contributed by atoms with Crippen molar-refractivity contribution in [1.29, 1.82) is 0 Å². The lowest BCUT2D eigenvalue weighted by molar-refractivity contribution is -0.138. The average molecular weight is 472 g/mol. The van der Waals surface area contributed by atoms with Gasteiger partial charge in [-0.2, -0.15) is 0 Å². The number of carbonyl (C=O) groups excluding carboxylic acids is 2. The molecule has 2 saturated heterocycles. The standard InChI is InChI=1S/C27H29BN2O5/c1-16-12-20-25(27(33)30(2)26(20)32)21-15-28(34)35-23(24(16)21)10-9-18(22-8-3-4-11-29-22)13-17-6-5-7-19(31)14-17/h3-8,11,13-14,20-21,23,25,31,34H,9-10,12,15H2,1-2H3/b18-13-/t20-,21+,23-,25-/m1/s1. The van der Waals surface area contributed by atoms with Gasteiger partial charge in [0.05, 0.1) is 23.6 Å². The predicted octanol–water partition coefficient (Wildman–Crippen LogP) is 3.55. The Kier molecular flexibility index (Phi) is 6.34. The zero-order valence-corrected chi connectivity index (χ0v) is 19.9. The Morgan fingerprint density at radius 3 is 2.77 bits per heavy atom. The number of aromatic hydroxyl groups is 1. The highest BCUT2D eigenvalue weighted by molar-refractivity contribution is 6.43. The van der Waals surface area contributed by atoms with Crippen LogP contribution < -0.4 is 0 Å². The number of likely N-dealkylation sites (tertiary alicyclic amines) is 1. The summed E-state index contributed by atoms with van der Waals surface area (Å²) in [6, 6.07) is 12.8. The molecule has 3 aliphatic rings. The summed E-state index contributed by atoms with van der Waals surface area (Å²) in [4.78, 5) is 31.4. The number of benzene rings is 1. The normalized spacial score (nSPS) is 26.8. The number of imide groups is 1. The molecule has 35 heavy (non-hydrogen) atoms. The summed E-state index contributed by atoms with van der Waals surface area (Å²) >= 11 is 0. The molecular weight excluding hydrogens is 443 g/mol. The van der Waals surface area contributed by atoms with Gasteiger partial charge in [-0.1, -0.05) is 23.8 Å². The molecular formula is C27H29BN2O5. The molecule has 2 fully saturated rings. The fourth-order valence-electron chi connectivity index (χ4n) is 6.01. The molecule has 0 spiro atoms. The molecule has 0 bridgehead atoms. The van der Waals surface area contributed by atoms with Crippen molar-refractivity contribution in [2.75, 3.05) is 7.05 Å². The van der Waals surface area contributed by atoms with Crippen molar-refractivity contribution >= 4 is 30.6 Å². The third-order valence-corrected chi connectivity index (χ3v) is 7.55. The topological polar surface area (TPSA) is 100.0 Å². The van der Waals surface area contributed by atoms with Gasteiger partial charge in [-0.3, -0.25) is 19.5 Å². The molecule has 3 heterocycles. The van der Waals surface area contributed by atoms with Gasteiger partial charge in [0.2, 0.25) is 11.8 Å². The number of hydrogen-bond acceptors (Lipinski definition) is 6. The van der Waals surface area contributed by atoms with Crippen LogP contribution in [0.25, 0.3) is 11.6 Å². The smallest absolute Gasteiger partial charge is 0.455 e. The summed E-state index contributed by atoms with van der Waals surface area (Å²) in [5.74, 6) is -1.05. The fraction of sp³-hybridized carbons (Fsp3) is 0.370. The van der Waals surface area contributed by atoms with Gasteiger partial charge in [-0.15, -0.1) is 0 Å². The molecule has 8 heteroatoms. The van der Waals surface area contributed by atoms with E-state index in [9.17, 15) is 19.7 Å². The number of carbonyl (C=O) groups is 2. The van der Waals surface area contributed by atoms with E-state index in [0.717, 1.165) is 28.0 Å². The maximum atomic E-state index is 12.9. The van der Waals surface area contributed by atoms with Crippen molar-refractivity contribution in [2.24, 2.45) is 17.8 Å². The Labute approximate surface area is 205 Å². The van der Waals surface area contributed by atoms with Crippen LogP contribution in [-0.4, -0.2) is 52.1 Å². The van der Waals surface area contributed by atoms with Gasteiger partial charge in [0.1, 0.15) is 5.75 Å². The molecule has 0 saturated carbocycles. The molecule has 2 aromatic rings. The monoisotopic (exact) mass is 472 g/mol. The van der Waals surface area contributed by atoms with E-state index in [-0.39, 0.29) is 35.5 Å². The van der Waals surface area contributed by atoms with Crippen molar-refractivity contribution < 1.29 is 24.4 Å². The zero-order chi connectivity index (χ0) is 24.7. The summed E-state index contributed by atoms with van der Waals surface area (Å²) in [5, 5.41) is 20.5. The number of rotatable bonds is 5. The van der Waals surface area contributed by atoms with E-state index in [0.29, 0.717) is 25.6 Å². The van der Waals surface area contributed by atoms with Crippen LogP contribution in [0.4, 0.5) is 0 Å². The Balaban J connectivity index is 1.44. The van der Waals surface area contributed by atoms with Gasteiger partial charge in [0.15, 0.2) is 0 Å². The number of amides is 2. The summed E-state index contributed by atoms with van der Waals surface area (Å²) in [6.07, 6.45) is 5.48. The minimum Gasteiger partial charge on any atom is -0.508 e. The first-order valence-electron chi connectivity index (χ1n) is 12.1. The van der Waals surface area contributed by atoms with Crippen LogP contribution in [0, 0.1) is 17.8 Å². The van der Waals surface area contributed by atoms with Crippen molar-refractivity contribution in [3.8, 4) is 5.75 Å². The highest BCUT2D eigenvalue weighted by atomic mass is 16.5. The van der Waals surface area contributed by atoms with E-state index < -0.39 is 13.0 Å². The van der Waals surface area contributed by atoms with Gasteiger partial charge in [-0.05, 0) is 85.5 Å². The van der Waals surface area contributed by atoms with Crippen molar-refractivity contribution in [1.82, 2.24) is 9.88 Å². The van der Waals surface area contributed by atoms with Crippen molar-refractivity contribution in [3.63, 3.8) is 0 Å². The van der Waals surface area contributed by atoms with E-state index in [1.807, 2.05) is 37.3 Å². The minimum absolute atomic E-state index is 0.123. The summed E-state index contributed by atoms with van der Waals surface area (Å²) < 4.78 is 6.02. The first kappa shape index (κ1) is 23.5. The molecule has 2 amide bonds. The molecule has 1 aliphatic carbocycles. The first-order chi connectivity index (χ1) is 16.8. The third-order valence-electron chi connectivity index (χ3n) is 7.55. The van der Waals surface area contributed by atoms with E-state index in [4.69, 9.17) is 4.65 Å². The highest BCUT2D eigenvalue weighted by Gasteiger charge is 2.55. The van der Waals surface area contributed by atoms with Gasteiger partial charge in [0.25, 0.3) is 0 Å². The Bertz CT molecular complexity index is 1210. The van der Waals surface area contributed by atoms with Gasteiger partial charge in [0, 0.05) is 13.2 Å². The molecule has 4 atom stereocenters. The van der Waals surface area contributed by atoms with Gasteiger partial charge >= 0.3 is 7.12 Å². The number of allylic oxidation sites excluding steroid dienone is 2. The Morgan fingerprint density at radius 1 is 1.20 bits per heavy atom. The lowest BCUT2D eigenvalue weighted by Crippen LogP contribution is -2.45. The number of nitrogens with zero attached hydrogens (tertiary/aromatic N) is 2. The van der Waals surface area contributed by atoms with Crippen LogP contribution in [0.5, 0.6) is 5.75 Å². The molecule has 0 radical (unpaired) electrons. The van der Waals surface area contributed by atoms with Crippen LogP contribution >= 0.6 is 0 Å². The zero-order valence-electron chi connectivity index (χ0n) is 19.9. The number of aromatic nitrogens is 1. The largest absolute Gasteiger partial charge is 0.508 e. The van der Waals surface area contributed by atoms with Gasteiger partial charge in [-0.25, -0.2) is 0 Å². The lowest BCUT2D eigenvalue weighted by Gasteiger charge is -2.42. The first-order valence-corrected chi connectivity index (χ1v) is 12.1. The Morgan fingerprint density at radius 2 is 2.03 bits per heavy atom. The van der Waals surface area contributed by atoms with E-state index >= 15 is 0 Å². The SMILES string of the molecule is CC1=C2[C@@H](CC/C(=C/c3cccc(O)c3)c3ccccn3)OB(O)C[C@@H]2[C@@H]2C(=O)N(C)C(=O)[C@@H]2C1. The van der Waals surface area contributed by atoms with Crippen LogP contribution in [-0.2, 0) is 14.2 Å². The second-order valence-electron chi connectivity index (χ2n) is 9.75. The molecule has 5 rings (SSSR count). The summed E-state index contributed by atoms with van der Waals surface area (Å²) in [5.41, 5.74) is 4.82. The van der Waals surface area contributed by atoms with Crippen molar-refractivity contribution in [2.45, 2.75) is 38.6 Å². The van der Waals surface area contributed by atoms with E-state index in [1.54, 1.807) is 31.4 Å². The molecule has 2 aliphatic heterocycles. The fourth-order valence-corrected chi connectivity index (χ4v) is 6.01. The number of phenolic OH excluding ortho intramolecular Hbond substituents is 1. The second kappa shape index (κ2) is 9.43. The Hall–Kier alpha value is -3.23. The molecule has 0 unspecified atom stereocenters. The van der Waals surface area contributed by atoms with Gasteiger partial charge < -0.3 is 14.8 Å². The quantitative estimate of drug-likeness (QED) is 0.392. The summed E-state index contributed by atoms with van der Waals surface area (Å²) in [7, 11) is 0.568. The van der Waals surface area contributed by atoms with Crippen LogP contribution in [0.3, 0.4) is 0 Å². The second-order valence-corrected chi connectivity index (χ2v) is 9.75. The number of pyridine rings is 1. The highest BCUT2D eigenvalue weighted by Crippen LogP contribution is 2.50. The molecule has 1 aromatic carbocycles. The molecule has 2 N–H and O–H groups in total. The maximum absolute atomic E-state index is 12.9. The van der Waals surface area contributed by atoms with E-state index in [2.05, 4.69) is 4.98 Å². The average Bonchev–Trinajstić information content (AvgIpc) is 3.05. The predicted molar refractivity (Wildman–Crippen MR) is 133 cm³/mol. The minimum atomic E-state index is -0.984. The molecule has 180 valence electrons.